The van der Waals surface area contributed by atoms with E-state index in [0.717, 1.165) is 24.8 Å². The molecular weight excluding hydrogens is 420 g/mol. The van der Waals surface area contributed by atoms with Gasteiger partial charge in [0.1, 0.15) is 5.75 Å². The highest BCUT2D eigenvalue weighted by Crippen LogP contribution is 2.36. The Morgan fingerprint density at radius 2 is 1.84 bits per heavy atom. The van der Waals surface area contributed by atoms with Crippen LogP contribution in [0.15, 0.2) is 42.5 Å². The van der Waals surface area contributed by atoms with Crippen LogP contribution in [-0.4, -0.2) is 47.6 Å². The van der Waals surface area contributed by atoms with Crippen LogP contribution >= 0.6 is 0 Å². The number of hydrogen-bond donors (Lipinski definition) is 1. The molecule has 0 aromatic heterocycles. The molecule has 2 aromatic rings. The molecule has 1 amide bonds. The molecule has 0 fully saturated rings. The van der Waals surface area contributed by atoms with Crippen LogP contribution in [0.2, 0.25) is 0 Å². The van der Waals surface area contributed by atoms with E-state index in [-0.39, 0.29) is 25.7 Å². The maximum Gasteiger partial charge on any atom is 0.232 e. The molecule has 9 heteroatoms. The normalized spacial score (nSPS) is 12.5. The number of rotatable bonds is 11. The third-order valence-electron chi connectivity index (χ3n) is 4.93. The zero-order chi connectivity index (χ0) is 22.3. The lowest BCUT2D eigenvalue weighted by molar-refractivity contribution is -0.121. The molecule has 0 aliphatic carbocycles. The number of sulfonamides is 1. The van der Waals surface area contributed by atoms with Crippen LogP contribution < -0.4 is 23.8 Å². The van der Waals surface area contributed by atoms with Crippen molar-refractivity contribution in [1.29, 1.82) is 0 Å². The summed E-state index contributed by atoms with van der Waals surface area (Å²) in [6.07, 6.45) is 3.49. The Labute approximate surface area is 183 Å². The Morgan fingerprint density at radius 1 is 1.10 bits per heavy atom. The van der Waals surface area contributed by atoms with E-state index in [2.05, 4.69) is 5.32 Å². The number of nitrogens with zero attached hydrogens (tertiary/aromatic N) is 1. The van der Waals surface area contributed by atoms with Crippen LogP contribution in [0.1, 0.15) is 24.8 Å². The van der Waals surface area contributed by atoms with Gasteiger partial charge in [-0.3, -0.25) is 9.10 Å². The molecule has 3 rings (SSSR count). The first-order valence-corrected chi connectivity index (χ1v) is 12.0. The van der Waals surface area contributed by atoms with Gasteiger partial charge >= 0.3 is 0 Å². The third kappa shape index (κ3) is 6.52. The predicted octanol–water partition coefficient (Wildman–Crippen LogP) is 2.72. The van der Waals surface area contributed by atoms with Gasteiger partial charge < -0.3 is 19.5 Å². The summed E-state index contributed by atoms with van der Waals surface area (Å²) >= 11 is 0. The first-order chi connectivity index (χ1) is 14.9. The van der Waals surface area contributed by atoms with Crippen molar-refractivity contribution in [3.05, 3.63) is 48.0 Å². The maximum atomic E-state index is 12.2. The molecule has 0 spiro atoms. The number of ether oxygens (including phenoxy) is 3. The van der Waals surface area contributed by atoms with Gasteiger partial charge in [0.15, 0.2) is 11.5 Å². The number of nitrogens with one attached hydrogen (secondary N) is 1. The minimum absolute atomic E-state index is 0.0890. The molecule has 1 aliphatic heterocycles. The predicted molar refractivity (Wildman–Crippen MR) is 118 cm³/mol. The van der Waals surface area contributed by atoms with Crippen LogP contribution in [0.4, 0.5) is 5.69 Å². The molecule has 1 heterocycles. The summed E-state index contributed by atoms with van der Waals surface area (Å²) in [6.45, 7) is 0.900. The van der Waals surface area contributed by atoms with Crippen molar-refractivity contribution >= 4 is 21.6 Å². The average molecular weight is 449 g/mol. The van der Waals surface area contributed by atoms with Gasteiger partial charge in [-0.15, -0.1) is 0 Å². The summed E-state index contributed by atoms with van der Waals surface area (Å²) in [7, 11) is -1.86. The topological polar surface area (TPSA) is 94.2 Å². The van der Waals surface area contributed by atoms with Crippen molar-refractivity contribution in [3.8, 4) is 17.2 Å². The van der Waals surface area contributed by atoms with Crippen molar-refractivity contribution in [3.63, 3.8) is 0 Å². The number of aryl methyl sites for hydroxylation is 1. The van der Waals surface area contributed by atoms with Gasteiger partial charge in [0.05, 0.1) is 19.1 Å². The molecule has 2 aromatic carbocycles. The number of carbonyl (C=O) groups is 1. The second-order valence-corrected chi connectivity index (χ2v) is 9.18. The SMILES string of the molecule is COc1ccc(CCCNC(=O)CCCN(c2ccc3c(c2)OCO3)S(C)(=O)=O)cc1. The minimum Gasteiger partial charge on any atom is -0.497 e. The monoisotopic (exact) mass is 448 g/mol. The van der Waals surface area contributed by atoms with Crippen LogP contribution in [0, 0.1) is 0 Å². The van der Waals surface area contributed by atoms with Crippen molar-refractivity contribution in [2.75, 3.05) is 37.6 Å². The Bertz CT molecular complexity index is 992. The highest BCUT2D eigenvalue weighted by Gasteiger charge is 2.21. The van der Waals surface area contributed by atoms with Crippen molar-refractivity contribution in [2.24, 2.45) is 0 Å². The van der Waals surface area contributed by atoms with E-state index >= 15 is 0 Å². The summed E-state index contributed by atoms with van der Waals surface area (Å²) in [6, 6.07) is 12.9. The van der Waals surface area contributed by atoms with Crippen molar-refractivity contribution in [2.45, 2.75) is 25.7 Å². The summed E-state index contributed by atoms with van der Waals surface area (Å²) in [4.78, 5) is 12.1. The fourth-order valence-corrected chi connectivity index (χ4v) is 4.27. The molecule has 0 saturated heterocycles. The van der Waals surface area contributed by atoms with Gasteiger partial charge in [0, 0.05) is 25.6 Å². The number of methoxy groups -OCH3 is 1. The zero-order valence-corrected chi connectivity index (χ0v) is 18.6. The Hall–Kier alpha value is -2.94. The summed E-state index contributed by atoms with van der Waals surface area (Å²) in [5, 5.41) is 2.89. The van der Waals surface area contributed by atoms with Crippen LogP contribution in [0.5, 0.6) is 17.2 Å². The third-order valence-corrected chi connectivity index (χ3v) is 6.13. The highest BCUT2D eigenvalue weighted by molar-refractivity contribution is 7.92. The Balaban J connectivity index is 1.42. The van der Waals surface area contributed by atoms with Crippen molar-refractivity contribution in [1.82, 2.24) is 5.32 Å². The molecule has 168 valence electrons. The fraction of sp³-hybridized carbons (Fsp3) is 0.409. The minimum atomic E-state index is -3.49. The largest absolute Gasteiger partial charge is 0.497 e. The van der Waals surface area contributed by atoms with E-state index in [0.29, 0.717) is 30.2 Å². The van der Waals surface area contributed by atoms with Crippen molar-refractivity contribution < 1.29 is 27.4 Å². The van der Waals surface area contributed by atoms with E-state index in [1.54, 1.807) is 25.3 Å². The van der Waals surface area contributed by atoms with Crippen LogP contribution in [-0.2, 0) is 21.2 Å². The molecule has 0 atom stereocenters. The second kappa shape index (κ2) is 10.4. The summed E-state index contributed by atoms with van der Waals surface area (Å²) in [5.41, 5.74) is 1.68. The zero-order valence-electron chi connectivity index (χ0n) is 17.8. The maximum absolute atomic E-state index is 12.2. The number of carbonyl (C=O) groups excluding carboxylic acids is 1. The van der Waals surface area contributed by atoms with E-state index < -0.39 is 10.0 Å². The number of fused-ring (bicyclic) bond motifs is 1. The van der Waals surface area contributed by atoms with Crippen LogP contribution in [0.25, 0.3) is 0 Å². The number of amides is 1. The van der Waals surface area contributed by atoms with Gasteiger partial charge in [-0.1, -0.05) is 12.1 Å². The fourth-order valence-electron chi connectivity index (χ4n) is 3.31. The van der Waals surface area contributed by atoms with Gasteiger partial charge in [-0.2, -0.15) is 0 Å². The van der Waals surface area contributed by atoms with E-state index in [4.69, 9.17) is 14.2 Å². The van der Waals surface area contributed by atoms with Gasteiger partial charge in [0.25, 0.3) is 0 Å². The van der Waals surface area contributed by atoms with E-state index in [9.17, 15) is 13.2 Å². The summed E-state index contributed by atoms with van der Waals surface area (Å²) in [5.74, 6) is 1.83. The summed E-state index contributed by atoms with van der Waals surface area (Å²) < 4.78 is 41.5. The molecule has 0 bridgehead atoms. The molecular formula is C22H28N2O6S. The first-order valence-electron chi connectivity index (χ1n) is 10.1. The number of hydrogen-bond acceptors (Lipinski definition) is 6. The van der Waals surface area contributed by atoms with E-state index in [1.807, 2.05) is 24.3 Å². The standard InChI is InChI=1S/C22H28N2O6S/c1-28-19-10-7-17(8-11-19)5-3-13-23-22(25)6-4-14-24(31(2,26)27)18-9-12-20-21(15-18)30-16-29-20/h7-12,15H,3-6,13-14,16H2,1-2H3,(H,23,25). The van der Waals surface area contributed by atoms with Crippen LogP contribution in [0.3, 0.4) is 0 Å². The Morgan fingerprint density at radius 3 is 2.55 bits per heavy atom. The lowest BCUT2D eigenvalue weighted by Crippen LogP contribution is -2.32. The van der Waals surface area contributed by atoms with Gasteiger partial charge in [-0.05, 0) is 49.1 Å². The molecule has 0 radical (unpaired) electrons. The molecule has 8 nitrogen and oxygen atoms in total. The lowest BCUT2D eigenvalue weighted by atomic mass is 10.1. The quantitative estimate of drug-likeness (QED) is 0.531. The van der Waals surface area contributed by atoms with Gasteiger partial charge in [0.2, 0.25) is 22.7 Å². The second-order valence-electron chi connectivity index (χ2n) is 7.28. The smallest absolute Gasteiger partial charge is 0.232 e. The van der Waals surface area contributed by atoms with Gasteiger partial charge in [-0.25, -0.2) is 8.42 Å². The average Bonchev–Trinajstić information content (AvgIpc) is 3.21. The number of benzene rings is 2. The first kappa shape index (κ1) is 22.7. The Kier molecular flexibility index (Phi) is 7.62. The molecule has 0 saturated carbocycles. The molecule has 0 unspecified atom stereocenters. The lowest BCUT2D eigenvalue weighted by Gasteiger charge is -2.22. The molecule has 1 aliphatic rings. The molecule has 31 heavy (non-hydrogen) atoms. The number of anilines is 1. The highest BCUT2D eigenvalue weighted by atomic mass is 32.2. The molecule has 1 N–H and O–H groups in total. The van der Waals surface area contributed by atoms with E-state index in [1.165, 1.54) is 9.87 Å².